The van der Waals surface area contributed by atoms with Crippen molar-refractivity contribution >= 4 is 0 Å². The van der Waals surface area contributed by atoms with Gasteiger partial charge in [0.15, 0.2) is 0 Å². The van der Waals surface area contributed by atoms with Crippen LogP contribution in [0.1, 0.15) is 29.3 Å². The summed E-state index contributed by atoms with van der Waals surface area (Å²) in [5.41, 5.74) is 9.73. The average Bonchev–Trinajstić information content (AvgIpc) is 2.52. The topological polar surface area (TPSA) is 41.8 Å². The van der Waals surface area contributed by atoms with Crippen LogP contribution in [0, 0.1) is 13.8 Å². The van der Waals surface area contributed by atoms with Crippen LogP contribution in [0.25, 0.3) is 0 Å². The molecule has 2 heteroatoms. The molecule has 3 N–H and O–H groups in total. The molecule has 0 saturated heterocycles. The predicted octanol–water partition coefficient (Wildman–Crippen LogP) is 1.45. The van der Waals surface area contributed by atoms with Gasteiger partial charge in [-0.2, -0.15) is 0 Å². The van der Waals surface area contributed by atoms with Crippen molar-refractivity contribution in [1.29, 1.82) is 0 Å². The highest BCUT2D eigenvalue weighted by molar-refractivity contribution is 5.33. The maximum absolute atomic E-state index is 5.76. The minimum absolute atomic E-state index is 0.420. The van der Waals surface area contributed by atoms with Gasteiger partial charge in [0.05, 0.1) is 0 Å². The largest absolute Gasteiger partial charge is 0.362 e. The number of H-pyrrole nitrogens is 1. The zero-order valence-electron chi connectivity index (χ0n) is 7.02. The Morgan fingerprint density at radius 1 is 1.55 bits per heavy atom. The van der Waals surface area contributed by atoms with Gasteiger partial charge in [-0.1, -0.05) is 0 Å². The summed E-state index contributed by atoms with van der Waals surface area (Å²) in [4.78, 5) is 3.29. The first-order valence-electron chi connectivity index (χ1n) is 4.10. The molecule has 0 bridgehead atoms. The molecule has 0 aliphatic heterocycles. The number of aromatic amines is 1. The first-order valence-corrected chi connectivity index (χ1v) is 4.10. The fourth-order valence-corrected chi connectivity index (χ4v) is 1.70. The van der Waals surface area contributed by atoms with Crippen molar-refractivity contribution in [3.05, 3.63) is 23.0 Å². The Balaban J connectivity index is 2.30. The number of aromatic nitrogens is 1. The second kappa shape index (κ2) is 2.11. The Morgan fingerprint density at radius 3 is 2.55 bits per heavy atom. The van der Waals surface area contributed by atoms with Gasteiger partial charge in [0.2, 0.25) is 0 Å². The van der Waals surface area contributed by atoms with E-state index in [0.717, 1.165) is 6.42 Å². The minimum atomic E-state index is 0.420. The normalized spacial score (nSPS) is 29.0. The van der Waals surface area contributed by atoms with E-state index in [0.29, 0.717) is 12.0 Å². The second-order valence-electron chi connectivity index (χ2n) is 3.54. The lowest BCUT2D eigenvalue weighted by molar-refractivity contribution is 0.979. The molecular formula is C9H14N2. The Kier molecular flexibility index (Phi) is 1.33. The van der Waals surface area contributed by atoms with Gasteiger partial charge in [0.1, 0.15) is 0 Å². The Hall–Kier alpha value is -0.760. The molecule has 0 aromatic carbocycles. The number of hydrogen-bond acceptors (Lipinski definition) is 1. The van der Waals surface area contributed by atoms with Gasteiger partial charge in [0.25, 0.3) is 0 Å². The molecule has 2 unspecified atom stereocenters. The van der Waals surface area contributed by atoms with Crippen molar-refractivity contribution in [2.24, 2.45) is 5.73 Å². The van der Waals surface area contributed by atoms with Gasteiger partial charge >= 0.3 is 0 Å². The molecule has 60 valence electrons. The standard InChI is InChI=1S/C9H14N2/c1-5-3-7(6(2)11-5)8-4-9(8)10/h3,8-9,11H,4,10H2,1-2H3. The molecule has 1 heterocycles. The van der Waals surface area contributed by atoms with E-state index in [1.165, 1.54) is 17.0 Å². The highest BCUT2D eigenvalue weighted by atomic mass is 14.8. The molecule has 1 fully saturated rings. The molecule has 11 heavy (non-hydrogen) atoms. The lowest BCUT2D eigenvalue weighted by atomic mass is 10.1. The Morgan fingerprint density at radius 2 is 2.18 bits per heavy atom. The van der Waals surface area contributed by atoms with Crippen LogP contribution in [0.4, 0.5) is 0 Å². The quantitative estimate of drug-likeness (QED) is 0.625. The molecule has 1 saturated carbocycles. The van der Waals surface area contributed by atoms with Crippen LogP contribution >= 0.6 is 0 Å². The van der Waals surface area contributed by atoms with Crippen LogP contribution < -0.4 is 5.73 Å². The number of nitrogens with two attached hydrogens (primary N) is 1. The smallest absolute Gasteiger partial charge is 0.0153 e. The van der Waals surface area contributed by atoms with Crippen LogP contribution in [0.3, 0.4) is 0 Å². The van der Waals surface area contributed by atoms with E-state index in [9.17, 15) is 0 Å². The summed E-state index contributed by atoms with van der Waals surface area (Å²) in [6.07, 6.45) is 1.16. The van der Waals surface area contributed by atoms with Crippen molar-refractivity contribution < 1.29 is 0 Å². The van der Waals surface area contributed by atoms with Crippen LogP contribution in [0.2, 0.25) is 0 Å². The van der Waals surface area contributed by atoms with Gasteiger partial charge in [-0.15, -0.1) is 0 Å². The predicted molar refractivity (Wildman–Crippen MR) is 45.6 cm³/mol. The average molecular weight is 150 g/mol. The molecule has 0 spiro atoms. The van der Waals surface area contributed by atoms with E-state index in [4.69, 9.17) is 5.73 Å². The molecule has 1 aliphatic rings. The van der Waals surface area contributed by atoms with Crippen molar-refractivity contribution in [1.82, 2.24) is 4.98 Å². The maximum Gasteiger partial charge on any atom is 0.0153 e. The fourth-order valence-electron chi connectivity index (χ4n) is 1.70. The minimum Gasteiger partial charge on any atom is -0.362 e. The zero-order valence-corrected chi connectivity index (χ0v) is 7.02. The first-order chi connectivity index (χ1) is 5.18. The van der Waals surface area contributed by atoms with E-state index in [-0.39, 0.29) is 0 Å². The van der Waals surface area contributed by atoms with E-state index >= 15 is 0 Å². The molecule has 0 amide bonds. The summed E-state index contributed by atoms with van der Waals surface area (Å²) in [5.74, 6) is 0.639. The Labute approximate surface area is 66.8 Å². The van der Waals surface area contributed by atoms with Crippen LogP contribution in [-0.2, 0) is 0 Å². The van der Waals surface area contributed by atoms with Crippen molar-refractivity contribution in [3.63, 3.8) is 0 Å². The van der Waals surface area contributed by atoms with Crippen LogP contribution in [0.5, 0.6) is 0 Å². The summed E-state index contributed by atoms with van der Waals surface area (Å²) in [7, 11) is 0. The SMILES string of the molecule is Cc1cc(C2CC2N)c(C)[nH]1. The summed E-state index contributed by atoms with van der Waals surface area (Å²) < 4.78 is 0. The van der Waals surface area contributed by atoms with E-state index in [2.05, 4.69) is 24.9 Å². The lowest BCUT2D eigenvalue weighted by Gasteiger charge is -1.93. The summed E-state index contributed by atoms with van der Waals surface area (Å²) in [6, 6.07) is 2.64. The number of rotatable bonds is 1. The number of aryl methyl sites for hydroxylation is 2. The van der Waals surface area contributed by atoms with E-state index in [1.807, 2.05) is 0 Å². The fraction of sp³-hybridized carbons (Fsp3) is 0.556. The van der Waals surface area contributed by atoms with E-state index < -0.39 is 0 Å². The summed E-state index contributed by atoms with van der Waals surface area (Å²) in [5, 5.41) is 0. The molecule has 1 aromatic rings. The number of hydrogen-bond donors (Lipinski definition) is 2. The molecule has 1 aromatic heterocycles. The third kappa shape index (κ3) is 1.07. The van der Waals surface area contributed by atoms with Crippen molar-refractivity contribution in [2.45, 2.75) is 32.2 Å². The van der Waals surface area contributed by atoms with Crippen LogP contribution in [-0.4, -0.2) is 11.0 Å². The molecule has 2 nitrogen and oxygen atoms in total. The molecule has 0 radical (unpaired) electrons. The molecule has 2 rings (SSSR count). The lowest BCUT2D eigenvalue weighted by Crippen LogP contribution is -2.00. The van der Waals surface area contributed by atoms with Gasteiger partial charge < -0.3 is 10.7 Å². The van der Waals surface area contributed by atoms with Gasteiger partial charge in [-0.25, -0.2) is 0 Å². The van der Waals surface area contributed by atoms with Crippen LogP contribution in [0.15, 0.2) is 6.07 Å². The highest BCUT2D eigenvalue weighted by Gasteiger charge is 2.36. The van der Waals surface area contributed by atoms with E-state index in [1.54, 1.807) is 0 Å². The maximum atomic E-state index is 5.76. The summed E-state index contributed by atoms with van der Waals surface area (Å²) in [6.45, 7) is 4.21. The Bertz CT molecular complexity index is 275. The monoisotopic (exact) mass is 150 g/mol. The van der Waals surface area contributed by atoms with Gasteiger partial charge in [-0.3, -0.25) is 0 Å². The van der Waals surface area contributed by atoms with Gasteiger partial charge in [0, 0.05) is 23.3 Å². The third-order valence-corrected chi connectivity index (χ3v) is 2.43. The molecule has 2 atom stereocenters. The number of nitrogens with one attached hydrogen (secondary N) is 1. The molecular weight excluding hydrogens is 136 g/mol. The first kappa shape index (κ1) is 6.92. The zero-order chi connectivity index (χ0) is 8.01. The molecule has 1 aliphatic carbocycles. The highest BCUT2D eigenvalue weighted by Crippen LogP contribution is 2.40. The second-order valence-corrected chi connectivity index (χ2v) is 3.54. The summed E-state index contributed by atoms with van der Waals surface area (Å²) >= 11 is 0. The van der Waals surface area contributed by atoms with Crippen molar-refractivity contribution in [3.8, 4) is 0 Å². The van der Waals surface area contributed by atoms with Crippen molar-refractivity contribution in [2.75, 3.05) is 0 Å². The van der Waals surface area contributed by atoms with Gasteiger partial charge in [-0.05, 0) is 31.9 Å². The third-order valence-electron chi connectivity index (χ3n) is 2.43.